The Kier molecular flexibility index (Phi) is 3.13. The first kappa shape index (κ1) is 12.1. The van der Waals surface area contributed by atoms with Gasteiger partial charge < -0.3 is 15.8 Å². The van der Waals surface area contributed by atoms with E-state index in [0.29, 0.717) is 0 Å². The van der Waals surface area contributed by atoms with Crippen LogP contribution in [0.4, 0.5) is 5.69 Å². The van der Waals surface area contributed by atoms with E-state index in [4.69, 9.17) is 10.5 Å². The molecule has 98 valence electrons. The van der Waals surface area contributed by atoms with Gasteiger partial charge in [-0.2, -0.15) is 0 Å². The van der Waals surface area contributed by atoms with Gasteiger partial charge in [0.1, 0.15) is 5.75 Å². The lowest BCUT2D eigenvalue weighted by Gasteiger charge is -2.18. The second-order valence-electron chi connectivity index (χ2n) is 4.86. The van der Waals surface area contributed by atoms with Gasteiger partial charge in [0.2, 0.25) is 0 Å². The van der Waals surface area contributed by atoms with Crippen molar-refractivity contribution in [3.05, 3.63) is 59.2 Å². The van der Waals surface area contributed by atoms with Gasteiger partial charge in [0, 0.05) is 12.1 Å². The number of nitrogens with two attached hydrogens (primary N) is 1. The zero-order valence-electron chi connectivity index (χ0n) is 11.0. The van der Waals surface area contributed by atoms with Gasteiger partial charge in [0.05, 0.1) is 12.6 Å². The molecule has 2 aromatic rings. The molecule has 2 aromatic carbocycles. The van der Waals surface area contributed by atoms with Gasteiger partial charge in [-0.1, -0.05) is 24.3 Å². The summed E-state index contributed by atoms with van der Waals surface area (Å²) in [5, 5.41) is 3.36. The fraction of sp³-hybridized carbons (Fsp3) is 0.250. The Balaban J connectivity index is 1.98. The summed E-state index contributed by atoms with van der Waals surface area (Å²) in [5.74, 6) is 1.02. The summed E-state index contributed by atoms with van der Waals surface area (Å²) in [7, 11) is 1.97. The lowest BCUT2D eigenvalue weighted by Crippen LogP contribution is -2.17. The highest BCUT2D eigenvalue weighted by Crippen LogP contribution is 2.30. The molecule has 3 nitrogen and oxygen atoms in total. The molecule has 3 heteroatoms. The molecule has 0 radical (unpaired) electrons. The molecule has 0 amide bonds. The zero-order chi connectivity index (χ0) is 13.2. The molecule has 1 atom stereocenters. The van der Waals surface area contributed by atoms with Gasteiger partial charge in [-0.3, -0.25) is 0 Å². The van der Waals surface area contributed by atoms with Crippen LogP contribution in [-0.4, -0.2) is 13.7 Å². The van der Waals surface area contributed by atoms with Crippen LogP contribution in [0.15, 0.2) is 42.5 Å². The molecular formula is C16H18N2O. The third kappa shape index (κ3) is 2.29. The van der Waals surface area contributed by atoms with Crippen LogP contribution in [0.3, 0.4) is 0 Å². The van der Waals surface area contributed by atoms with Crippen molar-refractivity contribution in [1.29, 1.82) is 0 Å². The average molecular weight is 254 g/mol. The molecule has 0 saturated heterocycles. The minimum atomic E-state index is 0.161. The molecule has 0 aliphatic carbocycles. The highest BCUT2D eigenvalue weighted by Gasteiger charge is 2.17. The van der Waals surface area contributed by atoms with Crippen LogP contribution in [0.2, 0.25) is 0 Å². The molecule has 1 unspecified atom stereocenters. The average Bonchev–Trinajstić information content (AvgIpc) is 2.87. The number of hydrogen-bond donors (Lipinski definition) is 2. The fourth-order valence-corrected chi connectivity index (χ4v) is 2.65. The quantitative estimate of drug-likeness (QED) is 0.827. The largest absolute Gasteiger partial charge is 0.493 e. The van der Waals surface area contributed by atoms with Gasteiger partial charge in [-0.15, -0.1) is 0 Å². The number of nitrogen functional groups attached to an aromatic ring is 1. The molecule has 0 aromatic heterocycles. The van der Waals surface area contributed by atoms with Crippen molar-refractivity contribution in [2.75, 3.05) is 19.4 Å². The van der Waals surface area contributed by atoms with Crippen LogP contribution < -0.4 is 15.8 Å². The summed E-state index contributed by atoms with van der Waals surface area (Å²) < 4.78 is 5.55. The van der Waals surface area contributed by atoms with Gasteiger partial charge in [-0.25, -0.2) is 0 Å². The molecule has 3 rings (SSSR count). The van der Waals surface area contributed by atoms with Gasteiger partial charge in [0.25, 0.3) is 0 Å². The number of anilines is 1. The summed E-state index contributed by atoms with van der Waals surface area (Å²) in [5.41, 5.74) is 10.4. The summed E-state index contributed by atoms with van der Waals surface area (Å²) in [4.78, 5) is 0. The van der Waals surface area contributed by atoms with Crippen molar-refractivity contribution in [3.8, 4) is 5.75 Å². The van der Waals surface area contributed by atoms with Crippen LogP contribution >= 0.6 is 0 Å². The van der Waals surface area contributed by atoms with Crippen LogP contribution in [0, 0.1) is 0 Å². The molecule has 0 spiro atoms. The monoisotopic (exact) mass is 254 g/mol. The Bertz CT molecular complexity index is 595. The van der Waals surface area contributed by atoms with Crippen LogP contribution in [0.25, 0.3) is 0 Å². The summed E-state index contributed by atoms with van der Waals surface area (Å²) in [6, 6.07) is 14.6. The first-order chi connectivity index (χ1) is 9.28. The number of benzene rings is 2. The van der Waals surface area contributed by atoms with Crippen LogP contribution in [-0.2, 0) is 6.42 Å². The van der Waals surface area contributed by atoms with Crippen molar-refractivity contribution in [2.24, 2.45) is 0 Å². The summed E-state index contributed by atoms with van der Waals surface area (Å²) >= 11 is 0. The minimum absolute atomic E-state index is 0.161. The van der Waals surface area contributed by atoms with E-state index in [0.717, 1.165) is 24.5 Å². The van der Waals surface area contributed by atoms with E-state index in [2.05, 4.69) is 29.6 Å². The Labute approximate surface area is 113 Å². The topological polar surface area (TPSA) is 47.3 Å². The van der Waals surface area contributed by atoms with Crippen LogP contribution in [0.5, 0.6) is 5.75 Å². The highest BCUT2D eigenvalue weighted by atomic mass is 16.5. The van der Waals surface area contributed by atoms with E-state index in [9.17, 15) is 0 Å². The number of ether oxygens (including phenoxy) is 1. The molecule has 0 saturated carbocycles. The van der Waals surface area contributed by atoms with Gasteiger partial charge in [-0.05, 0) is 41.9 Å². The molecule has 1 aliphatic heterocycles. The maximum absolute atomic E-state index is 5.87. The van der Waals surface area contributed by atoms with Crippen LogP contribution in [0.1, 0.15) is 22.7 Å². The number of hydrogen-bond acceptors (Lipinski definition) is 3. The van der Waals surface area contributed by atoms with Gasteiger partial charge in [0.15, 0.2) is 0 Å². The second kappa shape index (κ2) is 4.94. The Morgan fingerprint density at radius 2 is 2.00 bits per heavy atom. The van der Waals surface area contributed by atoms with Crippen molar-refractivity contribution < 1.29 is 4.74 Å². The maximum atomic E-state index is 5.87. The van der Waals surface area contributed by atoms with E-state index in [-0.39, 0.29) is 6.04 Å². The summed E-state index contributed by atoms with van der Waals surface area (Å²) in [6.07, 6.45) is 0.997. The van der Waals surface area contributed by atoms with E-state index in [1.54, 1.807) is 0 Å². The molecule has 1 heterocycles. The predicted molar refractivity (Wildman–Crippen MR) is 77.4 cm³/mol. The Morgan fingerprint density at radius 3 is 2.79 bits per heavy atom. The first-order valence-corrected chi connectivity index (χ1v) is 6.56. The minimum Gasteiger partial charge on any atom is -0.493 e. The van der Waals surface area contributed by atoms with Crippen molar-refractivity contribution in [1.82, 2.24) is 5.32 Å². The van der Waals surface area contributed by atoms with E-state index in [1.165, 1.54) is 16.7 Å². The number of fused-ring (bicyclic) bond motifs is 1. The second-order valence-corrected chi connectivity index (χ2v) is 4.86. The fourth-order valence-electron chi connectivity index (χ4n) is 2.65. The third-order valence-corrected chi connectivity index (χ3v) is 3.58. The van der Waals surface area contributed by atoms with E-state index >= 15 is 0 Å². The Hall–Kier alpha value is -2.00. The normalized spacial score (nSPS) is 14.8. The molecule has 1 aliphatic rings. The SMILES string of the molecule is CNC(c1cccc(N)c1)c1ccc2c(c1)CCO2. The molecule has 0 fully saturated rings. The van der Waals surface area contributed by atoms with Crippen molar-refractivity contribution in [2.45, 2.75) is 12.5 Å². The standard InChI is InChI=1S/C16H18N2O/c1-18-16(12-3-2-4-14(17)10-12)13-5-6-15-11(9-13)7-8-19-15/h2-6,9-10,16,18H,7-8,17H2,1H3. The zero-order valence-corrected chi connectivity index (χ0v) is 11.0. The van der Waals surface area contributed by atoms with Crippen molar-refractivity contribution in [3.63, 3.8) is 0 Å². The summed E-state index contributed by atoms with van der Waals surface area (Å²) in [6.45, 7) is 0.793. The molecular weight excluding hydrogens is 236 g/mol. The molecule has 3 N–H and O–H groups in total. The smallest absolute Gasteiger partial charge is 0.122 e. The predicted octanol–water partition coefficient (Wildman–Crippen LogP) is 2.51. The maximum Gasteiger partial charge on any atom is 0.122 e. The lowest BCUT2D eigenvalue weighted by molar-refractivity contribution is 0.357. The van der Waals surface area contributed by atoms with E-state index < -0.39 is 0 Å². The van der Waals surface area contributed by atoms with E-state index in [1.807, 2.05) is 25.2 Å². The third-order valence-electron chi connectivity index (χ3n) is 3.58. The van der Waals surface area contributed by atoms with Gasteiger partial charge >= 0.3 is 0 Å². The first-order valence-electron chi connectivity index (χ1n) is 6.56. The number of nitrogens with one attached hydrogen (secondary N) is 1. The highest BCUT2D eigenvalue weighted by molar-refractivity contribution is 5.47. The van der Waals surface area contributed by atoms with Crippen molar-refractivity contribution >= 4 is 5.69 Å². The lowest BCUT2D eigenvalue weighted by atomic mass is 9.96. The molecule has 0 bridgehead atoms. The number of rotatable bonds is 3. The molecule has 19 heavy (non-hydrogen) atoms. The Morgan fingerprint density at radius 1 is 1.16 bits per heavy atom.